The molecule has 0 amide bonds. The number of hydrogen-bond donors (Lipinski definition) is 5. The normalized spacial score (nSPS) is 17.1. The molecule has 0 aromatic rings. The zero-order chi connectivity index (χ0) is 23.4. The summed E-state index contributed by atoms with van der Waals surface area (Å²) in [7, 11) is 6.79. The number of methoxy groups -OCH3 is 1. The second-order valence-electron chi connectivity index (χ2n) is 7.48. The highest BCUT2D eigenvalue weighted by Gasteiger charge is 2.20. The molecule has 0 unspecified atom stereocenters. The van der Waals surface area contributed by atoms with E-state index in [0.29, 0.717) is 13.0 Å². The molecule has 0 aliphatic heterocycles. The number of allylic oxidation sites excluding steroid dienone is 2. The minimum atomic E-state index is -0.248. The van der Waals surface area contributed by atoms with Crippen LogP contribution in [0.5, 0.6) is 0 Å². The van der Waals surface area contributed by atoms with Gasteiger partial charge in [0.05, 0.1) is 13.5 Å². The summed E-state index contributed by atoms with van der Waals surface area (Å²) in [5, 5.41) is 13.8. The topological polar surface area (TPSA) is 164 Å². The van der Waals surface area contributed by atoms with Crippen molar-refractivity contribution in [2.45, 2.75) is 70.6 Å². The van der Waals surface area contributed by atoms with Gasteiger partial charge in [-0.3, -0.25) is 4.79 Å². The lowest BCUT2D eigenvalue weighted by molar-refractivity contribution is -0.140. The Morgan fingerprint density at radius 1 is 1.00 bits per heavy atom. The third-order valence-corrected chi connectivity index (χ3v) is 3.92. The SMILES string of the molecule is C1CC1.C1CCCC1.C=C1CC1=N.CN.CN(C)/C=C1\CC1=N.COC(=O)CCN.N. The molecule has 0 saturated heterocycles. The summed E-state index contributed by atoms with van der Waals surface area (Å²) in [6.45, 7) is 3.89. The highest BCUT2D eigenvalue weighted by Crippen LogP contribution is 2.22. The van der Waals surface area contributed by atoms with Crippen LogP contribution in [0.25, 0.3) is 0 Å². The van der Waals surface area contributed by atoms with Crippen molar-refractivity contribution in [3.8, 4) is 0 Å². The van der Waals surface area contributed by atoms with Crippen LogP contribution in [0.15, 0.2) is 23.9 Å². The van der Waals surface area contributed by atoms with Crippen molar-refractivity contribution in [1.29, 1.82) is 10.8 Å². The molecule has 4 saturated carbocycles. The maximum Gasteiger partial charge on any atom is 0.306 e. The number of esters is 1. The van der Waals surface area contributed by atoms with E-state index < -0.39 is 0 Å². The van der Waals surface area contributed by atoms with Crippen LogP contribution in [-0.2, 0) is 9.53 Å². The van der Waals surface area contributed by atoms with E-state index in [9.17, 15) is 4.79 Å². The van der Waals surface area contributed by atoms with E-state index >= 15 is 0 Å². The molecule has 4 fully saturated rings. The Kier molecular flexibility index (Phi) is 24.6. The van der Waals surface area contributed by atoms with Crippen molar-refractivity contribution in [2.75, 3.05) is 34.8 Å². The predicted octanol–water partition coefficient (Wildman–Crippen LogP) is 4.19. The van der Waals surface area contributed by atoms with Crippen molar-refractivity contribution in [1.82, 2.24) is 11.1 Å². The van der Waals surface area contributed by atoms with Gasteiger partial charge in [0.1, 0.15) is 0 Å². The summed E-state index contributed by atoms with van der Waals surface area (Å²) in [6.07, 6.45) is 16.1. The van der Waals surface area contributed by atoms with Gasteiger partial charge in [0.25, 0.3) is 0 Å². The molecule has 0 bridgehead atoms. The van der Waals surface area contributed by atoms with Gasteiger partial charge in [-0.25, -0.2) is 0 Å². The third kappa shape index (κ3) is 30.3. The van der Waals surface area contributed by atoms with Gasteiger partial charge in [-0.05, 0) is 18.2 Å². The monoisotopic (exact) mass is 440 g/mol. The molecular weight excluding hydrogens is 392 g/mol. The summed E-state index contributed by atoms with van der Waals surface area (Å²) in [4.78, 5) is 12.1. The van der Waals surface area contributed by atoms with E-state index in [2.05, 4.69) is 17.0 Å². The highest BCUT2D eigenvalue weighted by atomic mass is 16.5. The molecule has 9 N–H and O–H groups in total. The molecule has 0 radical (unpaired) electrons. The maximum absolute atomic E-state index is 10.1. The van der Waals surface area contributed by atoms with E-state index in [0.717, 1.165) is 29.8 Å². The molecule has 4 rings (SSSR count). The number of nitrogens with two attached hydrogens (primary N) is 2. The van der Waals surface area contributed by atoms with Crippen LogP contribution in [0.1, 0.15) is 70.6 Å². The molecule has 8 nitrogen and oxygen atoms in total. The Labute approximate surface area is 190 Å². The summed E-state index contributed by atoms with van der Waals surface area (Å²) in [6, 6.07) is 0. The lowest BCUT2D eigenvalue weighted by Gasteiger charge is -2.00. The van der Waals surface area contributed by atoms with Crippen molar-refractivity contribution in [2.24, 2.45) is 11.5 Å². The van der Waals surface area contributed by atoms with Gasteiger partial charge in [0.2, 0.25) is 0 Å². The molecule has 0 aromatic carbocycles. The first kappa shape index (κ1) is 33.6. The summed E-state index contributed by atoms with van der Waals surface area (Å²) < 4.78 is 4.27. The number of carbonyl (C=O) groups is 1. The average molecular weight is 441 g/mol. The first-order valence-electron chi connectivity index (χ1n) is 10.9. The van der Waals surface area contributed by atoms with Crippen LogP contribution < -0.4 is 17.6 Å². The fraction of sp³-hybridized carbons (Fsp3) is 0.696. The van der Waals surface area contributed by atoms with Gasteiger partial charge in [0, 0.05) is 51.1 Å². The Hall–Kier alpha value is -2.03. The first-order valence-corrected chi connectivity index (χ1v) is 10.9. The van der Waals surface area contributed by atoms with Gasteiger partial charge in [0.15, 0.2) is 0 Å². The standard InChI is InChI=1S/C6H10N2.C5H10.C4H9NO2.C4H5N.C3H6.CH5N.H3N/c1-8(2)4-5-3-6(5)7;1-2-4-5-3-1;1-7-4(6)2-3-5;1-3-2-4(3)5;1-2-3-1;1-2;/h4,7H,3H2,1-2H3;1-5H2;2-3,5H2,1H3;5H,1-2H2;1-3H2;2H2,1H3;1H3/b5-4+,7-6?;;;;;;. The molecule has 0 spiro atoms. The number of rotatable bonds is 3. The van der Waals surface area contributed by atoms with E-state index in [1.807, 2.05) is 25.2 Å². The molecule has 8 heteroatoms. The highest BCUT2D eigenvalue weighted by molar-refractivity contribution is 6.15. The molecule has 0 heterocycles. The first-order chi connectivity index (χ1) is 14.3. The summed E-state index contributed by atoms with van der Waals surface area (Å²) in [5.41, 5.74) is 13.2. The van der Waals surface area contributed by atoms with Crippen molar-refractivity contribution in [3.05, 3.63) is 23.9 Å². The minimum Gasteiger partial charge on any atom is -0.469 e. The van der Waals surface area contributed by atoms with Crippen LogP contribution in [0.4, 0.5) is 0 Å². The number of hydrogen-bond acceptors (Lipinski definition) is 8. The summed E-state index contributed by atoms with van der Waals surface area (Å²) >= 11 is 0. The van der Waals surface area contributed by atoms with E-state index in [1.54, 1.807) is 0 Å². The van der Waals surface area contributed by atoms with Crippen molar-refractivity contribution in [3.63, 3.8) is 0 Å². The molecule has 31 heavy (non-hydrogen) atoms. The Morgan fingerprint density at radius 2 is 1.32 bits per heavy atom. The second kappa shape index (κ2) is 22.7. The zero-order valence-electron chi connectivity index (χ0n) is 20.4. The van der Waals surface area contributed by atoms with E-state index in [4.69, 9.17) is 16.6 Å². The Morgan fingerprint density at radius 3 is 1.42 bits per heavy atom. The van der Waals surface area contributed by atoms with Crippen LogP contribution in [0.3, 0.4) is 0 Å². The zero-order valence-corrected chi connectivity index (χ0v) is 20.4. The largest absolute Gasteiger partial charge is 0.469 e. The van der Waals surface area contributed by atoms with Crippen LogP contribution in [-0.4, -0.2) is 57.1 Å². The van der Waals surface area contributed by atoms with Gasteiger partial charge in [-0.1, -0.05) is 57.9 Å². The smallest absolute Gasteiger partial charge is 0.306 e. The van der Waals surface area contributed by atoms with Crippen LogP contribution in [0, 0.1) is 10.8 Å². The minimum absolute atomic E-state index is 0. The van der Waals surface area contributed by atoms with Gasteiger partial charge < -0.3 is 38.1 Å². The molecule has 0 aromatic heterocycles. The third-order valence-electron chi connectivity index (χ3n) is 3.92. The average Bonchev–Trinajstić information content (AvgIpc) is 3.70. The van der Waals surface area contributed by atoms with Crippen LogP contribution >= 0.6 is 0 Å². The van der Waals surface area contributed by atoms with Crippen LogP contribution in [0.2, 0.25) is 0 Å². The van der Waals surface area contributed by atoms with Gasteiger partial charge in [-0.15, -0.1) is 0 Å². The maximum atomic E-state index is 10.1. The molecule has 182 valence electrons. The lowest BCUT2D eigenvalue weighted by atomic mass is 10.4. The fourth-order valence-corrected chi connectivity index (χ4v) is 1.85. The van der Waals surface area contributed by atoms with Crippen molar-refractivity contribution >= 4 is 17.4 Å². The molecular formula is C23H48N6O2. The van der Waals surface area contributed by atoms with E-state index in [1.165, 1.54) is 71.1 Å². The number of nitrogens with zero attached hydrogens (tertiary/aromatic N) is 1. The number of carbonyl (C=O) groups excluding carboxylic acids is 1. The van der Waals surface area contributed by atoms with Gasteiger partial charge in [-0.2, -0.15) is 0 Å². The Bertz CT molecular complexity index is 516. The fourth-order valence-electron chi connectivity index (χ4n) is 1.85. The van der Waals surface area contributed by atoms with Gasteiger partial charge >= 0.3 is 5.97 Å². The molecule has 0 atom stereocenters. The quantitative estimate of drug-likeness (QED) is 0.413. The summed E-state index contributed by atoms with van der Waals surface area (Å²) in [5.74, 6) is -0.248. The molecule has 4 aliphatic carbocycles. The molecule has 4 aliphatic rings. The second-order valence-corrected chi connectivity index (χ2v) is 7.48. The Balaban J connectivity index is -0.000000315. The number of nitrogens with one attached hydrogen (secondary N) is 2. The van der Waals surface area contributed by atoms with Crippen molar-refractivity contribution < 1.29 is 9.53 Å². The lowest BCUT2D eigenvalue weighted by Crippen LogP contribution is -2.08. The van der Waals surface area contributed by atoms with E-state index in [-0.39, 0.29) is 12.1 Å². The number of ether oxygens (including phenoxy) is 1. The predicted molar refractivity (Wildman–Crippen MR) is 133 cm³/mol.